The van der Waals surface area contributed by atoms with Gasteiger partial charge in [-0.1, -0.05) is 17.7 Å². The van der Waals surface area contributed by atoms with Gasteiger partial charge in [0.05, 0.1) is 6.10 Å². The van der Waals surface area contributed by atoms with Crippen LogP contribution in [0.4, 0.5) is 0 Å². The Morgan fingerprint density at radius 2 is 2.15 bits per heavy atom. The second-order valence-electron chi connectivity index (χ2n) is 6.66. The van der Waals surface area contributed by atoms with E-state index in [-0.39, 0.29) is 11.6 Å². The van der Waals surface area contributed by atoms with E-state index in [9.17, 15) is 0 Å². The maximum absolute atomic E-state index is 5.98. The van der Waals surface area contributed by atoms with Crippen LogP contribution in [-0.4, -0.2) is 24.9 Å². The first-order valence-corrected chi connectivity index (χ1v) is 7.53. The summed E-state index contributed by atoms with van der Waals surface area (Å²) in [5, 5.41) is 3.52. The fourth-order valence-corrected chi connectivity index (χ4v) is 2.31. The summed E-state index contributed by atoms with van der Waals surface area (Å²) in [7, 11) is 0. The lowest BCUT2D eigenvalue weighted by Crippen LogP contribution is -2.35. The van der Waals surface area contributed by atoms with E-state index in [4.69, 9.17) is 9.47 Å². The van der Waals surface area contributed by atoms with Crippen LogP contribution in [0.25, 0.3) is 0 Å². The van der Waals surface area contributed by atoms with E-state index >= 15 is 0 Å². The molecule has 0 spiro atoms. The van der Waals surface area contributed by atoms with Gasteiger partial charge in [-0.05, 0) is 46.6 Å². The van der Waals surface area contributed by atoms with Gasteiger partial charge in [0.1, 0.15) is 12.4 Å². The third-order valence-electron chi connectivity index (χ3n) is 3.47. The van der Waals surface area contributed by atoms with Crippen molar-refractivity contribution in [2.24, 2.45) is 0 Å². The van der Waals surface area contributed by atoms with Crippen LogP contribution in [0.2, 0.25) is 0 Å². The normalized spacial score (nSPS) is 19.3. The molecule has 0 amide bonds. The Morgan fingerprint density at radius 1 is 1.35 bits per heavy atom. The lowest BCUT2D eigenvalue weighted by Gasteiger charge is -2.22. The van der Waals surface area contributed by atoms with Crippen LogP contribution in [0, 0.1) is 6.92 Å². The highest BCUT2D eigenvalue weighted by Crippen LogP contribution is 2.22. The van der Waals surface area contributed by atoms with Crippen LogP contribution >= 0.6 is 0 Å². The van der Waals surface area contributed by atoms with Gasteiger partial charge in [0, 0.05) is 24.3 Å². The summed E-state index contributed by atoms with van der Waals surface area (Å²) >= 11 is 0. The maximum Gasteiger partial charge on any atom is 0.123 e. The minimum absolute atomic E-state index is 0.107. The molecule has 3 heteroatoms. The molecule has 1 aliphatic heterocycles. The lowest BCUT2D eigenvalue weighted by atomic mass is 10.1. The van der Waals surface area contributed by atoms with Crippen LogP contribution in [0.15, 0.2) is 18.2 Å². The molecule has 20 heavy (non-hydrogen) atoms. The zero-order valence-electron chi connectivity index (χ0n) is 13.2. The third-order valence-corrected chi connectivity index (χ3v) is 3.47. The first-order chi connectivity index (χ1) is 9.44. The van der Waals surface area contributed by atoms with Gasteiger partial charge in [-0.3, -0.25) is 0 Å². The molecule has 0 bridgehead atoms. The van der Waals surface area contributed by atoms with Crippen molar-refractivity contribution in [3.05, 3.63) is 29.3 Å². The van der Waals surface area contributed by atoms with E-state index in [0.717, 1.165) is 31.7 Å². The third kappa shape index (κ3) is 4.80. The summed E-state index contributed by atoms with van der Waals surface area (Å²) in [5.41, 5.74) is 2.59. The number of hydrogen-bond donors (Lipinski definition) is 1. The molecule has 0 aromatic heterocycles. The number of hydrogen-bond acceptors (Lipinski definition) is 3. The minimum Gasteiger partial charge on any atom is -0.491 e. The zero-order valence-corrected chi connectivity index (χ0v) is 13.2. The topological polar surface area (TPSA) is 30.5 Å². The summed E-state index contributed by atoms with van der Waals surface area (Å²) in [6.45, 7) is 11.0. The average Bonchev–Trinajstić information content (AvgIpc) is 2.87. The standard InChI is InChI=1S/C17H27NO2/c1-13-7-8-16(20-12-15-6-5-9-19-15)14(10-13)11-18-17(2,3)4/h7-8,10,15,18H,5-6,9,11-12H2,1-4H3. The number of rotatable bonds is 5. The van der Waals surface area contributed by atoms with Gasteiger partial charge in [0.2, 0.25) is 0 Å². The predicted octanol–water partition coefficient (Wildman–Crippen LogP) is 3.44. The summed E-state index contributed by atoms with van der Waals surface area (Å²) in [6, 6.07) is 6.37. The average molecular weight is 277 g/mol. The van der Waals surface area contributed by atoms with Gasteiger partial charge in [0.25, 0.3) is 0 Å². The molecule has 0 radical (unpaired) electrons. The number of aryl methyl sites for hydroxylation is 1. The first kappa shape index (κ1) is 15.3. The molecule has 2 rings (SSSR count). The zero-order chi connectivity index (χ0) is 14.6. The monoisotopic (exact) mass is 277 g/mol. The van der Waals surface area contributed by atoms with Crippen molar-refractivity contribution in [3.63, 3.8) is 0 Å². The SMILES string of the molecule is Cc1ccc(OCC2CCCO2)c(CNC(C)(C)C)c1. The molecule has 1 aliphatic rings. The Hall–Kier alpha value is -1.06. The van der Waals surface area contributed by atoms with E-state index in [2.05, 4.69) is 51.2 Å². The van der Waals surface area contributed by atoms with Crippen molar-refractivity contribution in [1.82, 2.24) is 5.32 Å². The summed E-state index contributed by atoms with van der Waals surface area (Å²) in [5.74, 6) is 0.975. The highest BCUT2D eigenvalue weighted by Gasteiger charge is 2.17. The summed E-state index contributed by atoms with van der Waals surface area (Å²) < 4.78 is 11.6. The Bertz CT molecular complexity index is 431. The maximum atomic E-state index is 5.98. The van der Waals surface area contributed by atoms with Crippen LogP contribution in [-0.2, 0) is 11.3 Å². The molecule has 0 aliphatic carbocycles. The largest absolute Gasteiger partial charge is 0.491 e. The Kier molecular flexibility index (Phi) is 5.06. The van der Waals surface area contributed by atoms with Crippen LogP contribution in [0.3, 0.4) is 0 Å². The van der Waals surface area contributed by atoms with Crippen molar-refractivity contribution >= 4 is 0 Å². The van der Waals surface area contributed by atoms with E-state index < -0.39 is 0 Å². The van der Waals surface area contributed by atoms with Crippen molar-refractivity contribution in [2.45, 2.75) is 58.7 Å². The Balaban J connectivity index is 1.99. The van der Waals surface area contributed by atoms with Crippen LogP contribution < -0.4 is 10.1 Å². The summed E-state index contributed by atoms with van der Waals surface area (Å²) in [4.78, 5) is 0. The Labute approximate surface area is 122 Å². The molecule has 1 unspecified atom stereocenters. The number of nitrogens with one attached hydrogen (secondary N) is 1. The molecule has 1 aromatic rings. The molecule has 1 N–H and O–H groups in total. The van der Waals surface area contributed by atoms with Crippen molar-refractivity contribution in [3.8, 4) is 5.75 Å². The van der Waals surface area contributed by atoms with Crippen molar-refractivity contribution < 1.29 is 9.47 Å². The molecule has 1 heterocycles. The fraction of sp³-hybridized carbons (Fsp3) is 0.647. The second-order valence-corrected chi connectivity index (χ2v) is 6.66. The van der Waals surface area contributed by atoms with E-state index in [1.54, 1.807) is 0 Å². The highest BCUT2D eigenvalue weighted by atomic mass is 16.5. The highest BCUT2D eigenvalue weighted by molar-refractivity contribution is 5.37. The molecule has 0 saturated carbocycles. The van der Waals surface area contributed by atoms with Crippen molar-refractivity contribution in [2.75, 3.05) is 13.2 Å². The van der Waals surface area contributed by atoms with Crippen LogP contribution in [0.5, 0.6) is 5.75 Å². The number of ether oxygens (including phenoxy) is 2. The summed E-state index contributed by atoms with van der Waals surface area (Å²) in [6.07, 6.45) is 2.53. The lowest BCUT2D eigenvalue weighted by molar-refractivity contribution is 0.0675. The smallest absolute Gasteiger partial charge is 0.123 e. The quantitative estimate of drug-likeness (QED) is 0.894. The molecule has 1 atom stereocenters. The minimum atomic E-state index is 0.107. The first-order valence-electron chi connectivity index (χ1n) is 7.53. The van der Waals surface area contributed by atoms with Gasteiger partial charge < -0.3 is 14.8 Å². The Morgan fingerprint density at radius 3 is 2.80 bits per heavy atom. The molecular weight excluding hydrogens is 250 g/mol. The van der Waals surface area contributed by atoms with Gasteiger partial charge in [-0.2, -0.15) is 0 Å². The van der Waals surface area contributed by atoms with E-state index in [1.165, 1.54) is 11.1 Å². The van der Waals surface area contributed by atoms with Gasteiger partial charge in [-0.15, -0.1) is 0 Å². The van der Waals surface area contributed by atoms with Gasteiger partial charge in [0.15, 0.2) is 0 Å². The van der Waals surface area contributed by atoms with E-state index in [1.807, 2.05) is 0 Å². The molecule has 3 nitrogen and oxygen atoms in total. The van der Waals surface area contributed by atoms with Crippen LogP contribution in [0.1, 0.15) is 44.7 Å². The van der Waals surface area contributed by atoms with Gasteiger partial charge in [-0.25, -0.2) is 0 Å². The molecular formula is C17H27NO2. The molecule has 1 saturated heterocycles. The number of benzene rings is 1. The predicted molar refractivity (Wildman–Crippen MR) is 82.2 cm³/mol. The van der Waals surface area contributed by atoms with E-state index in [0.29, 0.717) is 6.61 Å². The fourth-order valence-electron chi connectivity index (χ4n) is 2.31. The van der Waals surface area contributed by atoms with Crippen molar-refractivity contribution in [1.29, 1.82) is 0 Å². The van der Waals surface area contributed by atoms with Gasteiger partial charge >= 0.3 is 0 Å². The second kappa shape index (κ2) is 6.59. The molecule has 1 aromatic carbocycles. The molecule has 1 fully saturated rings. The molecule has 112 valence electrons.